The Bertz CT molecular complexity index is 394. The van der Waals surface area contributed by atoms with E-state index in [4.69, 9.17) is 19.9 Å². The van der Waals surface area contributed by atoms with Crippen LogP contribution in [0.25, 0.3) is 0 Å². The van der Waals surface area contributed by atoms with Gasteiger partial charge in [-0.2, -0.15) is 0 Å². The Hall–Kier alpha value is -1.79. The first-order valence-electron chi connectivity index (χ1n) is 5.48. The van der Waals surface area contributed by atoms with Gasteiger partial charge in [0.2, 0.25) is 0 Å². The van der Waals surface area contributed by atoms with Gasteiger partial charge in [-0.15, -0.1) is 0 Å². The highest BCUT2D eigenvalue weighted by Gasteiger charge is 2.11. The van der Waals surface area contributed by atoms with Crippen molar-refractivity contribution in [2.45, 2.75) is 0 Å². The monoisotopic (exact) mass is 255 g/mol. The molecule has 6 heteroatoms. The molecule has 0 aliphatic heterocycles. The van der Waals surface area contributed by atoms with Crippen molar-refractivity contribution in [1.82, 2.24) is 0 Å². The summed E-state index contributed by atoms with van der Waals surface area (Å²) in [6.07, 6.45) is 0. The van der Waals surface area contributed by atoms with Crippen molar-refractivity contribution < 1.29 is 24.1 Å². The molecule has 0 aliphatic rings. The van der Waals surface area contributed by atoms with Crippen LogP contribution >= 0.6 is 0 Å². The molecule has 18 heavy (non-hydrogen) atoms. The van der Waals surface area contributed by atoms with Crippen LogP contribution in [-0.2, 0) is 9.47 Å². The number of phenols is 1. The van der Waals surface area contributed by atoms with Crippen LogP contribution in [0.3, 0.4) is 0 Å². The highest BCUT2D eigenvalue weighted by molar-refractivity contribution is 5.96. The van der Waals surface area contributed by atoms with Crippen LogP contribution in [0, 0.1) is 0 Å². The molecule has 0 bridgehead atoms. The van der Waals surface area contributed by atoms with Crippen LogP contribution in [0.4, 0.5) is 0 Å². The number of carbonyl (C=O) groups is 1. The second-order valence-electron chi connectivity index (χ2n) is 3.47. The highest BCUT2D eigenvalue weighted by atomic mass is 16.5. The molecule has 6 nitrogen and oxygen atoms in total. The molecule has 1 aromatic rings. The number of amides is 1. The molecule has 0 heterocycles. The molecule has 0 saturated carbocycles. The maximum absolute atomic E-state index is 11.0. The Labute approximate surface area is 105 Å². The highest BCUT2D eigenvalue weighted by Crippen LogP contribution is 2.29. The molecule has 1 rings (SSSR count). The number of carbonyl (C=O) groups excluding carboxylic acids is 1. The fraction of sp³-hybridized carbons (Fsp3) is 0.417. The van der Waals surface area contributed by atoms with E-state index in [1.165, 1.54) is 6.07 Å². The van der Waals surface area contributed by atoms with Gasteiger partial charge in [0.15, 0.2) is 11.5 Å². The standard InChI is InChI=1S/C12H17NO5/c1-16-5-6-17-7-8-18-10-4-2-3-9(11(10)14)12(13)15/h2-4,14H,5-8H2,1H3,(H2,13,15). The van der Waals surface area contributed by atoms with Gasteiger partial charge in [-0.1, -0.05) is 6.07 Å². The molecule has 0 fully saturated rings. The lowest BCUT2D eigenvalue weighted by atomic mass is 10.2. The molecule has 100 valence electrons. The van der Waals surface area contributed by atoms with Gasteiger partial charge in [-0.3, -0.25) is 4.79 Å². The molecule has 1 aromatic carbocycles. The molecule has 0 spiro atoms. The number of rotatable bonds is 8. The Balaban J connectivity index is 2.43. The molecule has 1 amide bonds. The fourth-order valence-electron chi connectivity index (χ4n) is 1.29. The summed E-state index contributed by atoms with van der Waals surface area (Å²) in [6, 6.07) is 4.57. The smallest absolute Gasteiger partial charge is 0.252 e. The van der Waals surface area contributed by atoms with Crippen LogP contribution < -0.4 is 10.5 Å². The number of hydrogen-bond donors (Lipinski definition) is 2. The zero-order valence-electron chi connectivity index (χ0n) is 10.2. The molecule has 0 saturated heterocycles. The van der Waals surface area contributed by atoms with Crippen LogP contribution in [-0.4, -0.2) is 44.6 Å². The van der Waals surface area contributed by atoms with Crippen molar-refractivity contribution in [1.29, 1.82) is 0 Å². The summed E-state index contributed by atoms with van der Waals surface area (Å²) in [7, 11) is 1.59. The lowest BCUT2D eigenvalue weighted by molar-refractivity contribution is 0.0540. The molecular weight excluding hydrogens is 238 g/mol. The summed E-state index contributed by atoms with van der Waals surface area (Å²) < 4.78 is 15.3. The topological polar surface area (TPSA) is 91.0 Å². The van der Waals surface area contributed by atoms with Crippen LogP contribution in [0.1, 0.15) is 10.4 Å². The number of primary amides is 1. The summed E-state index contributed by atoms with van der Waals surface area (Å²) in [5, 5.41) is 9.71. The third kappa shape index (κ3) is 4.23. The van der Waals surface area contributed by atoms with E-state index >= 15 is 0 Å². The first-order chi connectivity index (χ1) is 8.66. The Morgan fingerprint density at radius 1 is 1.28 bits per heavy atom. The van der Waals surface area contributed by atoms with E-state index in [0.29, 0.717) is 19.8 Å². The molecule has 0 aromatic heterocycles. The predicted octanol–water partition coefficient (Wildman–Crippen LogP) is 0.533. The maximum Gasteiger partial charge on any atom is 0.252 e. The molecule has 0 radical (unpaired) electrons. The second kappa shape index (κ2) is 7.52. The quantitative estimate of drug-likeness (QED) is 0.661. The van der Waals surface area contributed by atoms with Crippen LogP contribution in [0.2, 0.25) is 0 Å². The molecule has 0 aliphatic carbocycles. The van der Waals surface area contributed by atoms with Gasteiger partial charge in [0.05, 0.1) is 25.4 Å². The molecular formula is C12H17NO5. The summed E-state index contributed by atoms with van der Waals surface area (Å²) in [5.41, 5.74) is 5.14. The van der Waals surface area contributed by atoms with Crippen molar-refractivity contribution in [3.8, 4) is 11.5 Å². The Kier molecular flexibility index (Phi) is 5.96. The first kappa shape index (κ1) is 14.3. The van der Waals surface area contributed by atoms with Gasteiger partial charge >= 0.3 is 0 Å². The third-order valence-corrected chi connectivity index (χ3v) is 2.18. The van der Waals surface area contributed by atoms with Crippen molar-refractivity contribution in [3.63, 3.8) is 0 Å². The van der Waals surface area contributed by atoms with Crippen molar-refractivity contribution in [2.75, 3.05) is 33.5 Å². The largest absolute Gasteiger partial charge is 0.504 e. The van der Waals surface area contributed by atoms with Crippen molar-refractivity contribution in [2.24, 2.45) is 5.73 Å². The number of ether oxygens (including phenoxy) is 3. The number of para-hydroxylation sites is 1. The van der Waals surface area contributed by atoms with Crippen LogP contribution in [0.15, 0.2) is 18.2 Å². The van der Waals surface area contributed by atoms with E-state index in [-0.39, 0.29) is 23.7 Å². The minimum Gasteiger partial charge on any atom is -0.504 e. The minimum atomic E-state index is -0.700. The average Bonchev–Trinajstić information content (AvgIpc) is 2.35. The van der Waals surface area contributed by atoms with Gasteiger partial charge in [0.1, 0.15) is 6.61 Å². The Morgan fingerprint density at radius 2 is 2.00 bits per heavy atom. The van der Waals surface area contributed by atoms with E-state index in [0.717, 1.165) is 0 Å². The lowest BCUT2D eigenvalue weighted by Crippen LogP contribution is -2.13. The summed E-state index contributed by atoms with van der Waals surface area (Å²) >= 11 is 0. The van der Waals surface area contributed by atoms with Crippen molar-refractivity contribution in [3.05, 3.63) is 23.8 Å². The summed E-state index contributed by atoms with van der Waals surface area (Å²) in [6.45, 7) is 1.62. The van der Waals surface area contributed by atoms with E-state index in [1.54, 1.807) is 19.2 Å². The average molecular weight is 255 g/mol. The normalized spacial score (nSPS) is 10.3. The van der Waals surface area contributed by atoms with Gasteiger partial charge in [0.25, 0.3) is 5.91 Å². The van der Waals surface area contributed by atoms with Gasteiger partial charge in [-0.05, 0) is 12.1 Å². The zero-order chi connectivity index (χ0) is 13.4. The fourth-order valence-corrected chi connectivity index (χ4v) is 1.29. The van der Waals surface area contributed by atoms with E-state index < -0.39 is 5.91 Å². The van der Waals surface area contributed by atoms with Gasteiger partial charge in [-0.25, -0.2) is 0 Å². The predicted molar refractivity (Wildman–Crippen MR) is 64.8 cm³/mol. The van der Waals surface area contributed by atoms with E-state index in [9.17, 15) is 9.90 Å². The summed E-state index contributed by atoms with van der Waals surface area (Å²) in [5.74, 6) is -0.738. The maximum atomic E-state index is 11.0. The number of hydrogen-bond acceptors (Lipinski definition) is 5. The summed E-state index contributed by atoms with van der Waals surface area (Å²) in [4.78, 5) is 11.0. The number of benzene rings is 1. The molecule has 3 N–H and O–H groups in total. The van der Waals surface area contributed by atoms with E-state index in [2.05, 4.69) is 0 Å². The first-order valence-corrected chi connectivity index (χ1v) is 5.48. The second-order valence-corrected chi connectivity index (χ2v) is 3.47. The van der Waals surface area contributed by atoms with Gasteiger partial charge in [0, 0.05) is 7.11 Å². The molecule has 0 atom stereocenters. The minimum absolute atomic E-state index is 0.0350. The van der Waals surface area contributed by atoms with Crippen LogP contribution in [0.5, 0.6) is 11.5 Å². The van der Waals surface area contributed by atoms with Gasteiger partial charge < -0.3 is 25.1 Å². The van der Waals surface area contributed by atoms with Crippen molar-refractivity contribution >= 4 is 5.91 Å². The zero-order valence-corrected chi connectivity index (χ0v) is 10.2. The van der Waals surface area contributed by atoms with E-state index in [1.807, 2.05) is 0 Å². The number of methoxy groups -OCH3 is 1. The molecule has 0 unspecified atom stereocenters. The lowest BCUT2D eigenvalue weighted by Gasteiger charge is -2.10. The SMILES string of the molecule is COCCOCCOc1cccc(C(N)=O)c1O. The number of aromatic hydroxyl groups is 1. The number of nitrogens with two attached hydrogens (primary N) is 1. The Morgan fingerprint density at radius 3 is 2.67 bits per heavy atom. The third-order valence-electron chi connectivity index (χ3n) is 2.18.